The summed E-state index contributed by atoms with van der Waals surface area (Å²) in [5.74, 6) is 0.118. The molecule has 5 rings (SSSR count). The zero-order chi connectivity index (χ0) is 23.3. The van der Waals surface area contributed by atoms with Crippen LogP contribution < -0.4 is 21.7 Å². The van der Waals surface area contributed by atoms with Gasteiger partial charge in [-0.05, 0) is 37.1 Å². The average molecular weight is 488 g/mol. The van der Waals surface area contributed by atoms with Gasteiger partial charge in [-0.3, -0.25) is 9.98 Å². The van der Waals surface area contributed by atoms with Crippen LogP contribution in [0.25, 0.3) is 11.7 Å². The van der Waals surface area contributed by atoms with Crippen LogP contribution in [0.1, 0.15) is 18.5 Å². The number of anilines is 2. The van der Waals surface area contributed by atoms with E-state index in [1.165, 1.54) is 12.1 Å². The van der Waals surface area contributed by atoms with E-state index >= 15 is 0 Å². The van der Waals surface area contributed by atoms with Crippen molar-refractivity contribution in [3.05, 3.63) is 62.4 Å². The summed E-state index contributed by atoms with van der Waals surface area (Å²) in [4.78, 5) is 25.6. The fraction of sp³-hybridized carbons (Fsp3) is 0.200. The van der Waals surface area contributed by atoms with E-state index in [0.29, 0.717) is 27.9 Å². The Morgan fingerprint density at radius 1 is 1.30 bits per heavy atom. The van der Waals surface area contributed by atoms with Crippen LogP contribution in [0, 0.1) is 0 Å². The molecule has 1 saturated carbocycles. The van der Waals surface area contributed by atoms with Crippen molar-refractivity contribution in [1.82, 2.24) is 24.6 Å². The first-order chi connectivity index (χ1) is 15.7. The van der Waals surface area contributed by atoms with E-state index in [9.17, 15) is 18.3 Å². The summed E-state index contributed by atoms with van der Waals surface area (Å²) in [6.45, 7) is 0. The van der Waals surface area contributed by atoms with Crippen LogP contribution in [0.15, 0.2) is 45.1 Å². The van der Waals surface area contributed by atoms with E-state index in [1.807, 2.05) is 0 Å². The maximum atomic E-state index is 11.8. The molecule has 11 nitrogen and oxygen atoms in total. The molecule has 0 bridgehead atoms. The molecule has 0 amide bonds. The van der Waals surface area contributed by atoms with Crippen LogP contribution in [-0.2, 0) is 9.84 Å². The summed E-state index contributed by atoms with van der Waals surface area (Å²) >= 11 is 6.31. The number of benzene rings is 1. The molecule has 0 unspecified atom stereocenters. The van der Waals surface area contributed by atoms with Gasteiger partial charge in [-0.15, -0.1) is 0 Å². The van der Waals surface area contributed by atoms with Crippen LogP contribution in [0.4, 0.5) is 11.5 Å². The summed E-state index contributed by atoms with van der Waals surface area (Å²) < 4.78 is 25.1. The van der Waals surface area contributed by atoms with E-state index in [-0.39, 0.29) is 27.5 Å². The largest absolute Gasteiger partial charge is 0.493 e. The molecule has 3 heterocycles. The standard InChI is InChI=1S/C20H18ClN7O4S/c1-33(31,32)12-4-5-14(13(21)7-12)24-16-8-17(23-11-2-3-11)28-18(26-16)10(9-22-28)6-15-19(29)27-20(30)25-15/h4-9,11,24,29H,2-3H2,1H3,(H2,25,27,30). The Morgan fingerprint density at radius 3 is 2.73 bits per heavy atom. The number of sulfone groups is 1. The van der Waals surface area contributed by atoms with Gasteiger partial charge in [0.05, 0.1) is 27.8 Å². The first kappa shape index (κ1) is 21.2. The van der Waals surface area contributed by atoms with Gasteiger partial charge in [-0.25, -0.2) is 18.2 Å². The lowest BCUT2D eigenvalue weighted by molar-refractivity contribution is 0.454. The lowest BCUT2D eigenvalue weighted by Crippen LogP contribution is -2.20. The molecule has 3 aromatic heterocycles. The van der Waals surface area contributed by atoms with Gasteiger partial charge in [0, 0.05) is 17.5 Å². The number of nitrogens with zero attached hydrogens (tertiary/aromatic N) is 4. The molecule has 13 heteroatoms. The number of aromatic hydroxyl groups is 1. The fourth-order valence-electron chi connectivity index (χ4n) is 3.23. The van der Waals surface area contributed by atoms with Crippen molar-refractivity contribution in [2.75, 3.05) is 11.6 Å². The van der Waals surface area contributed by atoms with Crippen molar-refractivity contribution in [2.24, 2.45) is 4.99 Å². The van der Waals surface area contributed by atoms with E-state index < -0.39 is 15.5 Å². The first-order valence-electron chi connectivity index (χ1n) is 9.89. The monoisotopic (exact) mass is 487 g/mol. The SMILES string of the molecule is CS(=O)(=O)c1ccc(Nc2cc(=NC3CC3)n3ncc(=Cc4[nH]c(=O)[nH]c4O)c3n2)c(Cl)c1. The molecule has 0 spiro atoms. The number of imidazole rings is 1. The highest BCUT2D eigenvalue weighted by Gasteiger charge is 2.20. The van der Waals surface area contributed by atoms with Crippen LogP contribution in [0.5, 0.6) is 5.88 Å². The second kappa shape index (κ2) is 7.74. The Morgan fingerprint density at radius 2 is 2.09 bits per heavy atom. The minimum Gasteiger partial charge on any atom is -0.493 e. The molecule has 33 heavy (non-hydrogen) atoms. The molecule has 0 saturated heterocycles. The molecular formula is C20H18ClN7O4S. The maximum Gasteiger partial charge on any atom is 0.326 e. The lowest BCUT2D eigenvalue weighted by Gasteiger charge is -2.09. The summed E-state index contributed by atoms with van der Waals surface area (Å²) in [6.07, 6.45) is 6.19. The summed E-state index contributed by atoms with van der Waals surface area (Å²) in [7, 11) is -3.39. The molecule has 4 N–H and O–H groups in total. The summed E-state index contributed by atoms with van der Waals surface area (Å²) in [5.41, 5.74) is 1.12. The van der Waals surface area contributed by atoms with Gasteiger partial charge in [-0.2, -0.15) is 9.61 Å². The summed E-state index contributed by atoms with van der Waals surface area (Å²) in [5, 5.41) is 18.1. The lowest BCUT2D eigenvalue weighted by atomic mass is 10.3. The van der Waals surface area contributed by atoms with Gasteiger partial charge in [0.25, 0.3) is 0 Å². The van der Waals surface area contributed by atoms with Crippen molar-refractivity contribution in [3.8, 4) is 5.88 Å². The van der Waals surface area contributed by atoms with Crippen LogP contribution in [-0.4, -0.2) is 50.4 Å². The van der Waals surface area contributed by atoms with E-state index in [0.717, 1.165) is 19.1 Å². The Labute approximate surface area is 191 Å². The Balaban J connectivity index is 1.64. The van der Waals surface area contributed by atoms with Gasteiger partial charge in [0.1, 0.15) is 11.5 Å². The number of fused-ring (bicyclic) bond motifs is 1. The quantitative estimate of drug-likeness (QED) is 0.325. The van der Waals surface area contributed by atoms with Crippen LogP contribution in [0.3, 0.4) is 0 Å². The number of aromatic amines is 2. The number of H-pyrrole nitrogens is 2. The number of hydrogen-bond acceptors (Lipinski definition) is 8. The minimum atomic E-state index is -3.39. The molecule has 4 aromatic rings. The highest BCUT2D eigenvalue weighted by atomic mass is 35.5. The van der Waals surface area contributed by atoms with Gasteiger partial charge in [0.2, 0.25) is 5.88 Å². The van der Waals surface area contributed by atoms with Crippen molar-refractivity contribution < 1.29 is 13.5 Å². The number of hydrogen-bond donors (Lipinski definition) is 4. The number of nitrogens with one attached hydrogen (secondary N) is 3. The predicted molar refractivity (Wildman–Crippen MR) is 121 cm³/mol. The summed E-state index contributed by atoms with van der Waals surface area (Å²) in [6, 6.07) is 6.33. The predicted octanol–water partition coefficient (Wildman–Crippen LogP) is 0.863. The highest BCUT2D eigenvalue weighted by Crippen LogP contribution is 2.27. The number of aromatic nitrogens is 5. The minimum absolute atomic E-state index is 0.110. The first-order valence-corrected chi connectivity index (χ1v) is 12.2. The van der Waals surface area contributed by atoms with E-state index in [4.69, 9.17) is 16.6 Å². The molecule has 1 fully saturated rings. The molecule has 1 aromatic carbocycles. The van der Waals surface area contributed by atoms with Gasteiger partial charge in [0.15, 0.2) is 21.0 Å². The second-order valence-electron chi connectivity index (χ2n) is 7.72. The third kappa shape index (κ3) is 4.34. The average Bonchev–Trinajstić information content (AvgIpc) is 3.37. The zero-order valence-corrected chi connectivity index (χ0v) is 18.8. The molecule has 0 aliphatic heterocycles. The Hall–Kier alpha value is -3.64. The molecular weight excluding hydrogens is 470 g/mol. The number of rotatable bonds is 5. The fourth-order valence-corrected chi connectivity index (χ4v) is 4.17. The smallest absolute Gasteiger partial charge is 0.326 e. The van der Waals surface area contributed by atoms with Crippen molar-refractivity contribution >= 4 is 44.7 Å². The van der Waals surface area contributed by atoms with Crippen molar-refractivity contribution in [3.63, 3.8) is 0 Å². The topological polar surface area (TPSA) is 158 Å². The zero-order valence-electron chi connectivity index (χ0n) is 17.2. The third-order valence-electron chi connectivity index (χ3n) is 5.01. The number of halogens is 1. The van der Waals surface area contributed by atoms with Crippen LogP contribution >= 0.6 is 11.6 Å². The van der Waals surface area contributed by atoms with Gasteiger partial charge in [-0.1, -0.05) is 11.6 Å². The molecule has 1 aliphatic carbocycles. The highest BCUT2D eigenvalue weighted by molar-refractivity contribution is 7.90. The Bertz CT molecular complexity index is 1680. The normalized spacial score (nSPS) is 15.5. The molecule has 170 valence electrons. The van der Waals surface area contributed by atoms with Crippen LogP contribution in [0.2, 0.25) is 5.02 Å². The molecule has 1 aliphatic rings. The third-order valence-corrected chi connectivity index (χ3v) is 6.43. The maximum absolute atomic E-state index is 11.8. The van der Waals surface area contributed by atoms with Crippen molar-refractivity contribution in [1.29, 1.82) is 0 Å². The molecule has 0 radical (unpaired) electrons. The Kier molecular flexibility index (Phi) is 4.98. The second-order valence-corrected chi connectivity index (χ2v) is 10.1. The molecule has 0 atom stereocenters. The van der Waals surface area contributed by atoms with Crippen molar-refractivity contribution in [2.45, 2.75) is 23.8 Å². The van der Waals surface area contributed by atoms with Gasteiger partial charge >= 0.3 is 5.69 Å². The van der Waals surface area contributed by atoms with E-state index in [2.05, 4.69) is 25.4 Å². The van der Waals surface area contributed by atoms with Gasteiger partial charge < -0.3 is 15.4 Å². The van der Waals surface area contributed by atoms with E-state index in [1.54, 1.807) is 28.9 Å².